The Morgan fingerprint density at radius 2 is 1.94 bits per heavy atom. The van der Waals surface area contributed by atoms with Crippen LogP contribution in [0, 0.1) is 0 Å². The maximum absolute atomic E-state index is 12.4. The Kier molecular flexibility index (Phi) is 4.94. The fraction of sp³-hybridized carbons (Fsp3) is 0.381. The van der Waals surface area contributed by atoms with Gasteiger partial charge in [-0.15, -0.1) is 0 Å². The molecule has 1 fully saturated rings. The van der Waals surface area contributed by atoms with Gasteiger partial charge in [0.05, 0.1) is 34.9 Å². The molecule has 11 nitrogen and oxygen atoms in total. The van der Waals surface area contributed by atoms with E-state index in [0.717, 1.165) is 9.60 Å². The lowest BCUT2D eigenvalue weighted by Gasteiger charge is -2.24. The summed E-state index contributed by atoms with van der Waals surface area (Å²) in [5.41, 5.74) is 1.75. The van der Waals surface area contributed by atoms with Crippen LogP contribution in [0.15, 0.2) is 36.9 Å². The van der Waals surface area contributed by atoms with Crippen molar-refractivity contribution in [2.24, 2.45) is 0 Å². The van der Waals surface area contributed by atoms with Crippen LogP contribution < -0.4 is 5.32 Å². The fourth-order valence-electron chi connectivity index (χ4n) is 3.73. The van der Waals surface area contributed by atoms with Crippen molar-refractivity contribution < 1.29 is 13.5 Å². The van der Waals surface area contributed by atoms with Gasteiger partial charge in [0.1, 0.15) is 29.6 Å². The predicted molar refractivity (Wildman–Crippen MR) is 122 cm³/mol. The highest BCUT2D eigenvalue weighted by Crippen LogP contribution is 2.30. The molecule has 4 heterocycles. The number of pyridine rings is 1. The molecule has 0 spiro atoms. The van der Waals surface area contributed by atoms with Crippen LogP contribution in [0.2, 0.25) is 0 Å². The molecule has 5 rings (SSSR count). The van der Waals surface area contributed by atoms with Gasteiger partial charge < -0.3 is 15.0 Å². The number of aliphatic hydroxyl groups excluding tert-OH is 1. The maximum Gasteiger partial charge on any atom is 0.256 e. The summed E-state index contributed by atoms with van der Waals surface area (Å²) in [6, 6.07) is 3.55. The van der Waals surface area contributed by atoms with Crippen LogP contribution in [-0.4, -0.2) is 52.5 Å². The zero-order valence-electron chi connectivity index (χ0n) is 18.5. The first-order valence-corrected chi connectivity index (χ1v) is 12.1. The van der Waals surface area contributed by atoms with E-state index in [4.69, 9.17) is 0 Å². The van der Waals surface area contributed by atoms with Gasteiger partial charge in [0.15, 0.2) is 5.82 Å². The largest absolute Gasteiger partial charge is 0.388 e. The summed E-state index contributed by atoms with van der Waals surface area (Å²) in [7, 11) is -3.45. The molecule has 4 aromatic heterocycles. The van der Waals surface area contributed by atoms with E-state index in [1.54, 1.807) is 18.5 Å². The van der Waals surface area contributed by atoms with Crippen LogP contribution in [0.5, 0.6) is 0 Å². The van der Waals surface area contributed by atoms with Crippen molar-refractivity contribution in [3.05, 3.63) is 42.7 Å². The van der Waals surface area contributed by atoms with Crippen LogP contribution in [0.1, 0.15) is 39.4 Å². The number of rotatable bonds is 6. The highest BCUT2D eigenvalue weighted by molar-refractivity contribution is 7.90. The quantitative estimate of drug-likeness (QED) is 0.436. The third kappa shape index (κ3) is 3.95. The van der Waals surface area contributed by atoms with E-state index < -0.39 is 10.0 Å². The highest BCUT2D eigenvalue weighted by atomic mass is 32.2. The van der Waals surface area contributed by atoms with E-state index in [1.165, 1.54) is 12.4 Å². The van der Waals surface area contributed by atoms with Crippen molar-refractivity contribution in [2.45, 2.75) is 51.0 Å². The molecule has 0 aliphatic heterocycles. The molecule has 1 aliphatic rings. The Balaban J connectivity index is 1.45. The van der Waals surface area contributed by atoms with Gasteiger partial charge in [0, 0.05) is 17.8 Å². The number of nitrogens with one attached hydrogen (secondary N) is 1. The van der Waals surface area contributed by atoms with Crippen LogP contribution in [0.25, 0.3) is 22.4 Å². The number of hydrogen-bond donors (Lipinski definition) is 2. The van der Waals surface area contributed by atoms with Gasteiger partial charge in [-0.25, -0.2) is 28.4 Å². The minimum Gasteiger partial charge on any atom is -0.388 e. The first kappa shape index (κ1) is 21.5. The molecule has 0 atom stereocenters. The van der Waals surface area contributed by atoms with E-state index in [-0.39, 0.29) is 17.4 Å². The van der Waals surface area contributed by atoms with Crippen molar-refractivity contribution in [3.8, 4) is 11.4 Å². The minimum absolute atomic E-state index is 0.172. The topological polar surface area (TPSA) is 141 Å². The van der Waals surface area contributed by atoms with Gasteiger partial charge in [-0.2, -0.15) is 9.19 Å². The van der Waals surface area contributed by atoms with Crippen LogP contribution >= 0.6 is 0 Å². The van der Waals surface area contributed by atoms with E-state index in [1.807, 2.05) is 31.4 Å². The average molecular weight is 469 g/mol. The van der Waals surface area contributed by atoms with E-state index in [2.05, 4.69) is 30.4 Å². The number of nitrogens with zero attached hydrogens (tertiary/aromatic N) is 7. The molecule has 0 saturated heterocycles. The van der Waals surface area contributed by atoms with Gasteiger partial charge in [-0.3, -0.25) is 0 Å². The normalized spacial score (nSPS) is 14.7. The van der Waals surface area contributed by atoms with Crippen LogP contribution in [-0.2, 0) is 22.2 Å². The molecule has 0 aromatic carbocycles. The van der Waals surface area contributed by atoms with Gasteiger partial charge in [-0.05, 0) is 39.7 Å². The molecule has 33 heavy (non-hydrogen) atoms. The molecule has 12 heteroatoms. The molecule has 2 N–H and O–H groups in total. The monoisotopic (exact) mass is 468 g/mol. The summed E-state index contributed by atoms with van der Waals surface area (Å²) in [4.78, 5) is 17.6. The third-order valence-electron chi connectivity index (χ3n) is 5.36. The molecule has 4 aromatic rings. The van der Waals surface area contributed by atoms with Crippen LogP contribution in [0.3, 0.4) is 0 Å². The zero-order chi connectivity index (χ0) is 23.4. The second kappa shape index (κ2) is 7.59. The summed E-state index contributed by atoms with van der Waals surface area (Å²) in [5, 5.41) is 16.5. The predicted octanol–water partition coefficient (Wildman–Crippen LogP) is 2.42. The van der Waals surface area contributed by atoms with Crippen molar-refractivity contribution >= 4 is 32.7 Å². The van der Waals surface area contributed by atoms with Crippen LogP contribution in [0.4, 0.5) is 11.6 Å². The molecular weight excluding hydrogens is 444 g/mol. The Labute approximate surface area is 190 Å². The highest BCUT2D eigenvalue weighted by Gasteiger charge is 2.37. The van der Waals surface area contributed by atoms with Gasteiger partial charge in [0.25, 0.3) is 10.0 Å². The van der Waals surface area contributed by atoms with Crippen molar-refractivity contribution in [1.29, 1.82) is 0 Å². The van der Waals surface area contributed by atoms with Crippen molar-refractivity contribution in [1.82, 2.24) is 33.7 Å². The molecule has 0 amide bonds. The molecular formula is C21H24N8O3S. The van der Waals surface area contributed by atoms with Gasteiger partial charge in [0.2, 0.25) is 0 Å². The summed E-state index contributed by atoms with van der Waals surface area (Å²) < 4.78 is 27.8. The van der Waals surface area contributed by atoms with Crippen molar-refractivity contribution in [3.63, 3.8) is 0 Å². The number of aromatic nitrogens is 7. The summed E-state index contributed by atoms with van der Waals surface area (Å²) in [5.74, 6) is 1.96. The molecule has 0 unspecified atom stereocenters. The molecule has 0 bridgehead atoms. The number of anilines is 2. The number of imidazole rings is 1. The summed E-state index contributed by atoms with van der Waals surface area (Å²) >= 11 is 0. The molecule has 0 radical (unpaired) electrons. The lowest BCUT2D eigenvalue weighted by molar-refractivity contribution is 0.252. The Morgan fingerprint density at radius 1 is 1.15 bits per heavy atom. The maximum atomic E-state index is 12.4. The summed E-state index contributed by atoms with van der Waals surface area (Å²) in [6.45, 7) is 5.96. The second-order valence-electron chi connectivity index (χ2n) is 8.99. The van der Waals surface area contributed by atoms with Gasteiger partial charge in [-0.1, -0.05) is 0 Å². The minimum atomic E-state index is -3.45. The fourth-order valence-corrected chi connectivity index (χ4v) is 5.21. The lowest BCUT2D eigenvalue weighted by atomic mass is 10.1. The lowest BCUT2D eigenvalue weighted by Crippen LogP contribution is -2.24. The Bertz CT molecular complexity index is 1450. The van der Waals surface area contributed by atoms with E-state index >= 15 is 0 Å². The second-order valence-corrected chi connectivity index (χ2v) is 11.1. The van der Waals surface area contributed by atoms with E-state index in [0.29, 0.717) is 47.2 Å². The molecule has 1 saturated carbocycles. The SMILES string of the molecule is CC(C)(C)n1c(CO)nc2cnc(Nc3ccnc(-c4cnn(S(=O)(=O)C5CC5)c4)n3)cc21. The standard InChI is InChI=1S/C21H24N8O3S/c1-21(2,3)29-16-8-18(23-10-15(16)25-19(29)12-30)26-17-6-7-22-20(27-17)13-9-24-28(11-13)33(31,32)14-4-5-14/h6-11,14,30H,4-5,12H2,1-3H3,(H,22,23,26,27). The molecule has 172 valence electrons. The Morgan fingerprint density at radius 3 is 2.64 bits per heavy atom. The Hall–Kier alpha value is -3.38. The number of hydrogen-bond acceptors (Lipinski definition) is 9. The number of aliphatic hydroxyl groups is 1. The molecule has 1 aliphatic carbocycles. The first-order valence-electron chi connectivity index (χ1n) is 10.5. The number of fused-ring (bicyclic) bond motifs is 1. The smallest absolute Gasteiger partial charge is 0.256 e. The van der Waals surface area contributed by atoms with Gasteiger partial charge >= 0.3 is 0 Å². The average Bonchev–Trinajstić information content (AvgIpc) is 3.38. The van der Waals surface area contributed by atoms with E-state index in [9.17, 15) is 13.5 Å². The third-order valence-corrected chi connectivity index (χ3v) is 7.39. The van der Waals surface area contributed by atoms with Crippen molar-refractivity contribution in [2.75, 3.05) is 5.32 Å². The summed E-state index contributed by atoms with van der Waals surface area (Å²) in [6.07, 6.45) is 7.45. The zero-order valence-corrected chi connectivity index (χ0v) is 19.3. The first-order chi connectivity index (χ1) is 15.7.